The Morgan fingerprint density at radius 2 is 1.32 bits per heavy atom. The minimum absolute atomic E-state index is 0.0666. The van der Waals surface area contributed by atoms with E-state index in [0.29, 0.717) is 0 Å². The molecule has 2 amide bonds. The Balaban J connectivity index is 1.75. The van der Waals surface area contributed by atoms with Gasteiger partial charge in [0.2, 0.25) is 0 Å². The maximum absolute atomic E-state index is 13.1. The van der Waals surface area contributed by atoms with E-state index in [-0.39, 0.29) is 38.4 Å². The van der Waals surface area contributed by atoms with Crippen molar-refractivity contribution in [2.45, 2.75) is 38.8 Å². The third-order valence-electron chi connectivity index (χ3n) is 7.43. The van der Waals surface area contributed by atoms with Gasteiger partial charge in [0.1, 0.15) is 0 Å². The molecule has 47 heavy (non-hydrogen) atoms. The summed E-state index contributed by atoms with van der Waals surface area (Å²) in [6.45, 7) is 3.43. The van der Waals surface area contributed by atoms with Gasteiger partial charge in [-0.15, -0.1) is 0 Å². The fourth-order valence-corrected chi connectivity index (χ4v) is 16.5. The van der Waals surface area contributed by atoms with Gasteiger partial charge in [0.25, 0.3) is 0 Å². The van der Waals surface area contributed by atoms with Crippen LogP contribution in [0, 0.1) is 0 Å². The molecule has 13 heteroatoms. The standard InChI is InChI=1S/C34H43BrN3O6PS2/c1-3-43-32(40)24-37-33(41)30(38-31(39)21-20-29(36)34(42)44-4-2)25-47-46-23-22-45(35,26-14-8-5-9-15-26,27-16-10-6-11-17-27)28-18-12-7-13-19-28/h5-19,29-30H,3-4,20-25,36H2,1-2H3,(H,37,41)(H,38,39). The minimum Gasteiger partial charge on any atom is -0.465 e. The molecular weight excluding hydrogens is 721 g/mol. The fraction of sp³-hybridized carbons (Fsp3) is 0.353. The van der Waals surface area contributed by atoms with Crippen LogP contribution < -0.4 is 32.3 Å². The number of nitrogens with two attached hydrogens (primary N) is 1. The van der Waals surface area contributed by atoms with Gasteiger partial charge in [0, 0.05) is 0 Å². The van der Waals surface area contributed by atoms with E-state index in [0.717, 1.165) is 11.9 Å². The van der Waals surface area contributed by atoms with E-state index in [9.17, 15) is 19.2 Å². The van der Waals surface area contributed by atoms with Crippen molar-refractivity contribution in [3.05, 3.63) is 91.0 Å². The third kappa shape index (κ3) is 10.5. The molecule has 9 nitrogen and oxygen atoms in total. The second kappa shape index (κ2) is 19.2. The molecule has 3 aromatic rings. The molecule has 254 valence electrons. The molecule has 4 N–H and O–H groups in total. The number of carbonyl (C=O) groups excluding carboxylic acids is 4. The van der Waals surface area contributed by atoms with Gasteiger partial charge in [-0.25, -0.2) is 0 Å². The van der Waals surface area contributed by atoms with Gasteiger partial charge in [-0.2, -0.15) is 0 Å². The van der Waals surface area contributed by atoms with Crippen LogP contribution in [0.4, 0.5) is 0 Å². The van der Waals surface area contributed by atoms with Crippen LogP contribution in [0.1, 0.15) is 26.7 Å². The Kier molecular flexibility index (Phi) is 15.7. The second-order valence-electron chi connectivity index (χ2n) is 10.6. The average molecular weight is 765 g/mol. The summed E-state index contributed by atoms with van der Waals surface area (Å²) in [7, 11) is 3.07. The van der Waals surface area contributed by atoms with E-state index >= 15 is 0 Å². The minimum atomic E-state index is -3.11. The molecule has 3 aromatic carbocycles. The van der Waals surface area contributed by atoms with E-state index in [1.807, 2.05) is 18.2 Å². The molecule has 0 bridgehead atoms. The number of hydrogen-bond donors (Lipinski definition) is 3. The number of halogens is 1. The summed E-state index contributed by atoms with van der Waals surface area (Å²) < 4.78 is 9.83. The third-order valence-corrected chi connectivity index (χ3v) is 20.1. The van der Waals surface area contributed by atoms with Crippen LogP contribution in [0.25, 0.3) is 0 Å². The van der Waals surface area contributed by atoms with Crippen molar-refractivity contribution in [2.24, 2.45) is 5.73 Å². The van der Waals surface area contributed by atoms with Gasteiger partial charge in [-0.1, -0.05) is 0 Å². The summed E-state index contributed by atoms with van der Waals surface area (Å²) in [5.74, 6) is -1.12. The number of rotatable bonds is 19. The van der Waals surface area contributed by atoms with E-state index in [2.05, 4.69) is 98.9 Å². The van der Waals surface area contributed by atoms with Crippen molar-refractivity contribution in [3.63, 3.8) is 0 Å². The first kappa shape index (κ1) is 38.6. The van der Waals surface area contributed by atoms with E-state index < -0.39 is 41.1 Å². The van der Waals surface area contributed by atoms with Gasteiger partial charge < -0.3 is 4.74 Å². The molecule has 0 aliphatic carbocycles. The molecule has 3 rings (SSSR count). The zero-order valence-corrected chi connectivity index (χ0v) is 30.8. The van der Waals surface area contributed by atoms with Crippen molar-refractivity contribution in [2.75, 3.05) is 37.4 Å². The average Bonchev–Trinajstić information content (AvgIpc) is 3.10. The first-order valence-corrected chi connectivity index (χ1v) is 22.4. The molecule has 0 aliphatic heterocycles. The smallest absolute Gasteiger partial charge is 0.465 e. The fourth-order valence-electron chi connectivity index (χ4n) is 5.03. The summed E-state index contributed by atoms with van der Waals surface area (Å²) >= 11 is 4.45. The van der Waals surface area contributed by atoms with Crippen LogP contribution in [0.15, 0.2) is 91.0 Å². The number of ether oxygens (including phenoxy) is 2. The number of nitrogens with one attached hydrogen (secondary N) is 2. The zero-order valence-electron chi connectivity index (χ0n) is 26.6. The molecule has 2 unspecified atom stereocenters. The van der Waals surface area contributed by atoms with E-state index in [1.165, 1.54) is 26.7 Å². The summed E-state index contributed by atoms with van der Waals surface area (Å²) in [6, 6.07) is 29.6. The first-order chi connectivity index (χ1) is 22.6. The number of amides is 2. The summed E-state index contributed by atoms with van der Waals surface area (Å²) in [5.41, 5.74) is 5.84. The Morgan fingerprint density at radius 3 is 1.81 bits per heavy atom. The van der Waals surface area contributed by atoms with Gasteiger partial charge in [-0.3, -0.25) is 4.79 Å². The molecule has 0 radical (unpaired) electrons. The van der Waals surface area contributed by atoms with Crippen LogP contribution in [0.3, 0.4) is 0 Å². The predicted molar refractivity (Wildman–Crippen MR) is 199 cm³/mol. The predicted octanol–water partition coefficient (Wildman–Crippen LogP) is 4.04. The molecule has 0 fully saturated rings. The van der Waals surface area contributed by atoms with Crippen LogP contribution >= 0.6 is 42.4 Å². The Bertz CT molecular complexity index is 1360. The molecule has 2 atom stereocenters. The molecule has 0 saturated heterocycles. The summed E-state index contributed by atoms with van der Waals surface area (Å²) in [5, 5.41) is 5.83. The molecule has 0 saturated carbocycles. The Hall–Kier alpha value is -2.89. The van der Waals surface area contributed by atoms with E-state index in [1.54, 1.807) is 24.6 Å². The summed E-state index contributed by atoms with van der Waals surface area (Å²) in [4.78, 5) is 49.6. The van der Waals surface area contributed by atoms with Gasteiger partial charge in [0.05, 0.1) is 6.61 Å². The molecule has 0 heterocycles. The molecular formula is C34H43BrN3O6PS2. The Labute approximate surface area is 292 Å². The Morgan fingerprint density at radius 1 is 0.809 bits per heavy atom. The van der Waals surface area contributed by atoms with E-state index in [4.69, 9.17) is 15.2 Å². The van der Waals surface area contributed by atoms with Crippen LogP contribution in [-0.2, 0) is 28.7 Å². The van der Waals surface area contributed by atoms with Gasteiger partial charge in [-0.05, 0) is 13.8 Å². The topological polar surface area (TPSA) is 137 Å². The van der Waals surface area contributed by atoms with Crippen molar-refractivity contribution in [1.82, 2.24) is 10.6 Å². The van der Waals surface area contributed by atoms with Gasteiger partial charge >= 0.3 is 264 Å². The number of hydrogen-bond acceptors (Lipinski definition) is 9. The van der Waals surface area contributed by atoms with Crippen molar-refractivity contribution >= 4 is 82.0 Å². The second-order valence-corrected chi connectivity index (χ2v) is 22.2. The van der Waals surface area contributed by atoms with Gasteiger partial charge in [0.15, 0.2) is 0 Å². The normalized spacial score (nSPS) is 13.3. The van der Waals surface area contributed by atoms with Crippen molar-refractivity contribution in [3.8, 4) is 0 Å². The molecule has 0 aromatic heterocycles. The first-order valence-electron chi connectivity index (χ1n) is 15.4. The molecule has 0 spiro atoms. The van der Waals surface area contributed by atoms with Crippen LogP contribution in [0.5, 0.6) is 0 Å². The van der Waals surface area contributed by atoms with Crippen molar-refractivity contribution in [1.29, 1.82) is 0 Å². The SMILES string of the molecule is CCOC(=O)CNC(=O)C(CSSCCP(Br)(c1ccccc1)(c1ccccc1)c1ccccc1)NC(=O)CCC(N)C(=O)OCC. The van der Waals surface area contributed by atoms with Crippen LogP contribution in [-0.4, -0.2) is 73.3 Å². The van der Waals surface area contributed by atoms with Crippen LogP contribution in [0.2, 0.25) is 0 Å². The number of benzene rings is 3. The van der Waals surface area contributed by atoms with Crippen molar-refractivity contribution < 1.29 is 28.7 Å². The maximum atomic E-state index is 13.1. The number of carbonyl (C=O) groups is 4. The zero-order chi connectivity index (χ0) is 34.1. The quantitative estimate of drug-likeness (QED) is 0.0716. The summed E-state index contributed by atoms with van der Waals surface area (Å²) in [6.07, 6.45) is 0.794. The monoisotopic (exact) mass is 763 g/mol. The number of esters is 2. The molecule has 0 aliphatic rings.